The van der Waals surface area contributed by atoms with E-state index in [-0.39, 0.29) is 10.6 Å². The predicted octanol–water partition coefficient (Wildman–Crippen LogP) is 3.66. The van der Waals surface area contributed by atoms with E-state index in [2.05, 4.69) is 0 Å². The molecule has 0 bridgehead atoms. The number of aryl methyl sites for hydroxylation is 1. The molecule has 0 saturated heterocycles. The lowest BCUT2D eigenvalue weighted by Crippen LogP contribution is -1.96. The van der Waals surface area contributed by atoms with E-state index in [0.29, 0.717) is 5.02 Å². The van der Waals surface area contributed by atoms with Gasteiger partial charge in [0.1, 0.15) is 4.88 Å². The maximum Gasteiger partial charge on any atom is 0.348 e. The van der Waals surface area contributed by atoms with Gasteiger partial charge in [0.15, 0.2) is 0 Å². The minimum Gasteiger partial charge on any atom is -0.477 e. The third-order valence-electron chi connectivity index (χ3n) is 2.28. The molecule has 2 rings (SSSR count). The Hall–Kier alpha value is -1.52. The first-order valence-corrected chi connectivity index (χ1v) is 6.07. The third kappa shape index (κ3) is 2.43. The van der Waals surface area contributed by atoms with Crippen molar-refractivity contribution in [1.29, 1.82) is 0 Å². The summed E-state index contributed by atoms with van der Waals surface area (Å²) >= 11 is 7.12. The first kappa shape index (κ1) is 12.0. The second-order valence-corrected chi connectivity index (χ2v) is 5.21. The zero-order valence-electron chi connectivity index (χ0n) is 9.03. The fourth-order valence-electron chi connectivity index (χ4n) is 1.59. The number of aromatic carboxylic acids is 1. The third-order valence-corrected chi connectivity index (χ3v) is 3.69. The second-order valence-electron chi connectivity index (χ2n) is 3.72. The van der Waals surface area contributed by atoms with Crippen LogP contribution in [-0.2, 0) is 0 Å². The Labute approximate surface area is 107 Å². The molecule has 0 amide bonds. The van der Waals surface area contributed by atoms with Crippen LogP contribution in [0.25, 0.3) is 10.4 Å². The zero-order valence-corrected chi connectivity index (χ0v) is 10.6. The van der Waals surface area contributed by atoms with Gasteiger partial charge in [-0.3, -0.25) is 0 Å². The second kappa shape index (κ2) is 4.39. The van der Waals surface area contributed by atoms with Crippen molar-refractivity contribution in [3.8, 4) is 10.4 Å². The summed E-state index contributed by atoms with van der Waals surface area (Å²) in [5.41, 5.74) is 7.85. The first-order valence-electron chi connectivity index (χ1n) is 4.87. The van der Waals surface area contributed by atoms with Crippen LogP contribution in [0.15, 0.2) is 24.3 Å². The van der Waals surface area contributed by atoms with Crippen molar-refractivity contribution in [2.45, 2.75) is 6.92 Å². The van der Waals surface area contributed by atoms with Gasteiger partial charge in [0, 0.05) is 9.90 Å². The normalized spacial score (nSPS) is 10.5. The Morgan fingerprint density at radius 1 is 1.35 bits per heavy atom. The summed E-state index contributed by atoms with van der Waals surface area (Å²) in [4.78, 5) is 11.9. The van der Waals surface area contributed by atoms with E-state index in [1.807, 2.05) is 19.1 Å². The lowest BCUT2D eigenvalue weighted by Gasteiger charge is -2.00. The summed E-state index contributed by atoms with van der Waals surface area (Å²) in [7, 11) is 0. The van der Waals surface area contributed by atoms with E-state index in [1.165, 1.54) is 0 Å². The lowest BCUT2D eigenvalue weighted by molar-refractivity contribution is 0.0703. The summed E-state index contributed by atoms with van der Waals surface area (Å²) < 4.78 is 0. The maximum atomic E-state index is 10.9. The highest BCUT2D eigenvalue weighted by Crippen LogP contribution is 2.34. The van der Waals surface area contributed by atoms with Crippen LogP contribution in [0.5, 0.6) is 0 Å². The average molecular weight is 268 g/mol. The molecular weight excluding hydrogens is 258 g/mol. The number of thiophene rings is 1. The minimum absolute atomic E-state index is 0.164. The van der Waals surface area contributed by atoms with Crippen LogP contribution < -0.4 is 5.73 Å². The molecule has 0 unspecified atom stereocenters. The number of carboxylic acid groups (broad SMARTS) is 1. The van der Waals surface area contributed by atoms with Crippen LogP contribution in [0.1, 0.15) is 15.2 Å². The van der Waals surface area contributed by atoms with Gasteiger partial charge in [-0.15, -0.1) is 11.3 Å². The Bertz CT molecular complexity index is 572. The molecule has 1 aromatic carbocycles. The first-order chi connectivity index (χ1) is 7.97. The molecule has 0 atom stereocenters. The van der Waals surface area contributed by atoms with Gasteiger partial charge in [-0.25, -0.2) is 4.79 Å². The van der Waals surface area contributed by atoms with Gasteiger partial charge in [-0.2, -0.15) is 0 Å². The Morgan fingerprint density at radius 3 is 2.59 bits per heavy atom. The molecule has 0 radical (unpaired) electrons. The highest BCUT2D eigenvalue weighted by molar-refractivity contribution is 7.17. The molecule has 0 aliphatic heterocycles. The number of hydrogen-bond acceptors (Lipinski definition) is 3. The Morgan fingerprint density at radius 2 is 2.06 bits per heavy atom. The van der Waals surface area contributed by atoms with Crippen LogP contribution in [0.2, 0.25) is 5.02 Å². The quantitative estimate of drug-likeness (QED) is 0.873. The molecule has 88 valence electrons. The van der Waals surface area contributed by atoms with Gasteiger partial charge in [-0.05, 0) is 36.2 Å². The monoisotopic (exact) mass is 267 g/mol. The van der Waals surface area contributed by atoms with Gasteiger partial charge >= 0.3 is 5.97 Å². The van der Waals surface area contributed by atoms with Gasteiger partial charge < -0.3 is 10.8 Å². The summed E-state index contributed by atoms with van der Waals surface area (Å²) in [6, 6.07) is 7.26. The number of benzene rings is 1. The highest BCUT2D eigenvalue weighted by atomic mass is 35.5. The van der Waals surface area contributed by atoms with Crippen LogP contribution in [-0.4, -0.2) is 11.1 Å². The van der Waals surface area contributed by atoms with E-state index in [0.717, 1.165) is 27.3 Å². The molecule has 0 aliphatic carbocycles. The topological polar surface area (TPSA) is 63.3 Å². The SMILES string of the molecule is Cc1cc(Cl)cc(-c2cc(N)c(C(=O)O)s2)c1. The number of hydrogen-bond donors (Lipinski definition) is 2. The molecule has 2 aromatic rings. The van der Waals surface area contributed by atoms with Crippen molar-refractivity contribution in [1.82, 2.24) is 0 Å². The van der Waals surface area contributed by atoms with Crippen molar-refractivity contribution >= 4 is 34.6 Å². The summed E-state index contributed by atoms with van der Waals surface area (Å²) in [6.07, 6.45) is 0. The molecular formula is C12H10ClNO2S. The molecule has 0 spiro atoms. The largest absolute Gasteiger partial charge is 0.477 e. The van der Waals surface area contributed by atoms with Gasteiger partial charge in [0.05, 0.1) is 5.69 Å². The van der Waals surface area contributed by atoms with Crippen molar-refractivity contribution < 1.29 is 9.90 Å². The van der Waals surface area contributed by atoms with Gasteiger partial charge in [0.2, 0.25) is 0 Å². The van der Waals surface area contributed by atoms with E-state index in [1.54, 1.807) is 12.1 Å². The van der Waals surface area contributed by atoms with Crippen LogP contribution >= 0.6 is 22.9 Å². The zero-order chi connectivity index (χ0) is 12.6. The number of carboxylic acids is 1. The molecule has 5 heteroatoms. The predicted molar refractivity (Wildman–Crippen MR) is 70.9 cm³/mol. The molecule has 0 aliphatic rings. The van der Waals surface area contributed by atoms with Crippen molar-refractivity contribution in [2.75, 3.05) is 5.73 Å². The van der Waals surface area contributed by atoms with Crippen LogP contribution in [0.4, 0.5) is 5.69 Å². The number of nitrogen functional groups attached to an aromatic ring is 1. The standard InChI is InChI=1S/C12H10ClNO2S/c1-6-2-7(4-8(13)3-6)10-5-9(14)11(17-10)12(15)16/h2-5H,14H2,1H3,(H,15,16). The van der Waals surface area contributed by atoms with Gasteiger partial charge in [-0.1, -0.05) is 17.7 Å². The summed E-state index contributed by atoms with van der Waals surface area (Å²) in [6.45, 7) is 1.93. The molecule has 1 aromatic heterocycles. The Kier molecular flexibility index (Phi) is 3.09. The summed E-state index contributed by atoms with van der Waals surface area (Å²) in [5, 5.41) is 9.57. The van der Waals surface area contributed by atoms with Crippen molar-refractivity contribution in [3.05, 3.63) is 39.7 Å². The average Bonchev–Trinajstić information content (AvgIpc) is 2.59. The minimum atomic E-state index is -1.00. The number of nitrogens with two attached hydrogens (primary N) is 1. The molecule has 0 fully saturated rings. The van der Waals surface area contributed by atoms with E-state index in [9.17, 15) is 4.79 Å². The fourth-order valence-corrected chi connectivity index (χ4v) is 2.79. The smallest absolute Gasteiger partial charge is 0.348 e. The van der Waals surface area contributed by atoms with Crippen molar-refractivity contribution in [3.63, 3.8) is 0 Å². The number of rotatable bonds is 2. The fraction of sp³-hybridized carbons (Fsp3) is 0.0833. The van der Waals surface area contributed by atoms with Crippen molar-refractivity contribution in [2.24, 2.45) is 0 Å². The molecule has 0 saturated carbocycles. The number of halogens is 1. The molecule has 3 N–H and O–H groups in total. The number of carbonyl (C=O) groups is 1. The van der Waals surface area contributed by atoms with Crippen LogP contribution in [0, 0.1) is 6.92 Å². The molecule has 1 heterocycles. The summed E-state index contributed by atoms with van der Waals surface area (Å²) in [5.74, 6) is -1.00. The Balaban J connectivity index is 2.53. The van der Waals surface area contributed by atoms with E-state index in [4.69, 9.17) is 22.4 Å². The highest BCUT2D eigenvalue weighted by Gasteiger charge is 2.14. The van der Waals surface area contributed by atoms with E-state index < -0.39 is 5.97 Å². The molecule has 17 heavy (non-hydrogen) atoms. The van der Waals surface area contributed by atoms with Crippen LogP contribution in [0.3, 0.4) is 0 Å². The number of anilines is 1. The van der Waals surface area contributed by atoms with E-state index >= 15 is 0 Å². The maximum absolute atomic E-state index is 10.9. The molecule has 3 nitrogen and oxygen atoms in total. The van der Waals surface area contributed by atoms with Gasteiger partial charge in [0.25, 0.3) is 0 Å². The lowest BCUT2D eigenvalue weighted by atomic mass is 10.1.